The minimum atomic E-state index is 0.00793. The van der Waals surface area contributed by atoms with Crippen molar-refractivity contribution in [2.24, 2.45) is 0 Å². The predicted molar refractivity (Wildman–Crippen MR) is 84.4 cm³/mol. The Hall–Kier alpha value is -1.82. The first-order valence-electron chi connectivity index (χ1n) is 6.27. The fourth-order valence-electron chi connectivity index (χ4n) is 1.60. The Morgan fingerprint density at radius 1 is 1.30 bits per heavy atom. The molecule has 0 saturated carbocycles. The molecule has 1 heterocycles. The molecular formula is C14H17BrN4O. The standard InChI is InChI=1S/C14H17BrN4O/c1-8(2)20-14-12(16)13(17-7-18-14)19-10-5-4-9(3)11(15)6-10/h4-8H,16H2,1-3H3,(H,17,18,19). The van der Waals surface area contributed by atoms with Gasteiger partial charge in [0.1, 0.15) is 12.0 Å². The highest BCUT2D eigenvalue weighted by atomic mass is 79.9. The van der Waals surface area contributed by atoms with E-state index in [2.05, 4.69) is 31.2 Å². The molecular weight excluding hydrogens is 320 g/mol. The van der Waals surface area contributed by atoms with Crippen LogP contribution in [0.4, 0.5) is 17.2 Å². The van der Waals surface area contributed by atoms with Gasteiger partial charge in [-0.2, -0.15) is 4.98 Å². The highest BCUT2D eigenvalue weighted by Gasteiger charge is 2.11. The van der Waals surface area contributed by atoms with Gasteiger partial charge < -0.3 is 15.8 Å². The number of aryl methyl sites for hydroxylation is 1. The Morgan fingerprint density at radius 3 is 2.70 bits per heavy atom. The van der Waals surface area contributed by atoms with Crippen LogP contribution in [0.2, 0.25) is 0 Å². The average molecular weight is 337 g/mol. The number of hydrogen-bond donors (Lipinski definition) is 2. The minimum absolute atomic E-state index is 0.00793. The van der Waals surface area contributed by atoms with E-state index in [0.29, 0.717) is 17.4 Å². The van der Waals surface area contributed by atoms with Crippen molar-refractivity contribution >= 4 is 33.1 Å². The number of ether oxygens (including phenoxy) is 1. The molecule has 106 valence electrons. The van der Waals surface area contributed by atoms with Crippen molar-refractivity contribution in [1.29, 1.82) is 0 Å². The van der Waals surface area contributed by atoms with Crippen LogP contribution >= 0.6 is 15.9 Å². The maximum absolute atomic E-state index is 6.02. The summed E-state index contributed by atoms with van der Waals surface area (Å²) in [6.45, 7) is 5.87. The van der Waals surface area contributed by atoms with E-state index in [1.165, 1.54) is 6.33 Å². The molecule has 0 aliphatic heterocycles. The molecule has 3 N–H and O–H groups in total. The van der Waals surface area contributed by atoms with Gasteiger partial charge in [0.05, 0.1) is 6.10 Å². The van der Waals surface area contributed by atoms with Crippen molar-refractivity contribution in [3.05, 3.63) is 34.6 Å². The van der Waals surface area contributed by atoms with Gasteiger partial charge >= 0.3 is 0 Å². The van der Waals surface area contributed by atoms with Crippen molar-refractivity contribution in [3.63, 3.8) is 0 Å². The monoisotopic (exact) mass is 336 g/mol. The van der Waals surface area contributed by atoms with Crippen LogP contribution in [0.5, 0.6) is 5.88 Å². The molecule has 0 atom stereocenters. The Labute approximate surface area is 126 Å². The number of nitrogens with one attached hydrogen (secondary N) is 1. The summed E-state index contributed by atoms with van der Waals surface area (Å²) in [7, 11) is 0. The van der Waals surface area contributed by atoms with E-state index in [0.717, 1.165) is 15.7 Å². The van der Waals surface area contributed by atoms with Crippen molar-refractivity contribution < 1.29 is 4.74 Å². The maximum Gasteiger partial charge on any atom is 0.242 e. The molecule has 0 aliphatic rings. The summed E-state index contributed by atoms with van der Waals surface area (Å²) in [5, 5.41) is 3.17. The SMILES string of the molecule is Cc1ccc(Nc2ncnc(OC(C)C)c2N)cc1Br. The van der Waals surface area contributed by atoms with Crippen LogP contribution in [0.15, 0.2) is 29.0 Å². The van der Waals surface area contributed by atoms with E-state index in [4.69, 9.17) is 10.5 Å². The number of anilines is 3. The van der Waals surface area contributed by atoms with Gasteiger partial charge in [0.25, 0.3) is 0 Å². The molecule has 2 rings (SSSR count). The first-order valence-corrected chi connectivity index (χ1v) is 7.07. The number of nitrogen functional groups attached to an aromatic ring is 1. The van der Waals surface area contributed by atoms with Crippen LogP contribution in [-0.4, -0.2) is 16.1 Å². The highest BCUT2D eigenvalue weighted by Crippen LogP contribution is 2.29. The number of halogens is 1. The number of nitrogens with two attached hydrogens (primary N) is 1. The first kappa shape index (κ1) is 14.6. The topological polar surface area (TPSA) is 73.1 Å². The summed E-state index contributed by atoms with van der Waals surface area (Å²) in [6.07, 6.45) is 1.44. The zero-order valence-electron chi connectivity index (χ0n) is 11.6. The van der Waals surface area contributed by atoms with Crippen LogP contribution in [0.1, 0.15) is 19.4 Å². The lowest BCUT2D eigenvalue weighted by Crippen LogP contribution is -2.10. The third kappa shape index (κ3) is 3.39. The number of rotatable bonds is 4. The first-order chi connectivity index (χ1) is 9.47. The minimum Gasteiger partial charge on any atom is -0.473 e. The molecule has 0 amide bonds. The Bertz CT molecular complexity index is 616. The summed E-state index contributed by atoms with van der Waals surface area (Å²) in [5.74, 6) is 0.926. The number of benzene rings is 1. The van der Waals surface area contributed by atoms with Crippen LogP contribution < -0.4 is 15.8 Å². The molecule has 0 unspecified atom stereocenters. The van der Waals surface area contributed by atoms with E-state index in [-0.39, 0.29) is 6.10 Å². The summed E-state index contributed by atoms with van der Waals surface area (Å²) < 4.78 is 6.56. The van der Waals surface area contributed by atoms with Gasteiger partial charge in [-0.3, -0.25) is 0 Å². The summed E-state index contributed by atoms with van der Waals surface area (Å²) >= 11 is 3.50. The smallest absolute Gasteiger partial charge is 0.242 e. The predicted octanol–water partition coefficient (Wildman–Crippen LogP) is 3.66. The van der Waals surface area contributed by atoms with Gasteiger partial charge in [-0.05, 0) is 38.5 Å². The normalized spacial score (nSPS) is 10.7. The Balaban J connectivity index is 2.27. The zero-order valence-corrected chi connectivity index (χ0v) is 13.2. The third-order valence-corrected chi connectivity index (χ3v) is 3.48. The molecule has 1 aromatic heterocycles. The summed E-state index contributed by atoms with van der Waals surface area (Å²) in [4.78, 5) is 8.20. The molecule has 0 saturated heterocycles. The largest absolute Gasteiger partial charge is 0.473 e. The molecule has 6 heteroatoms. The van der Waals surface area contributed by atoms with Gasteiger partial charge in [0.15, 0.2) is 5.82 Å². The Kier molecular flexibility index (Phi) is 4.44. The van der Waals surface area contributed by atoms with Crippen molar-refractivity contribution in [2.75, 3.05) is 11.1 Å². The van der Waals surface area contributed by atoms with Gasteiger partial charge in [-0.1, -0.05) is 22.0 Å². The highest BCUT2D eigenvalue weighted by molar-refractivity contribution is 9.10. The van der Waals surface area contributed by atoms with Crippen LogP contribution in [0.25, 0.3) is 0 Å². The lowest BCUT2D eigenvalue weighted by molar-refractivity contribution is 0.234. The van der Waals surface area contributed by atoms with E-state index >= 15 is 0 Å². The quantitative estimate of drug-likeness (QED) is 0.891. The van der Waals surface area contributed by atoms with Crippen molar-refractivity contribution in [3.8, 4) is 5.88 Å². The third-order valence-electron chi connectivity index (χ3n) is 2.63. The van der Waals surface area contributed by atoms with Crippen LogP contribution in [0.3, 0.4) is 0 Å². The van der Waals surface area contributed by atoms with Crippen LogP contribution in [0, 0.1) is 6.92 Å². The second-order valence-corrected chi connectivity index (χ2v) is 5.55. The second kappa shape index (κ2) is 6.09. The number of hydrogen-bond acceptors (Lipinski definition) is 5. The Morgan fingerprint density at radius 2 is 2.05 bits per heavy atom. The molecule has 1 aromatic carbocycles. The lowest BCUT2D eigenvalue weighted by atomic mass is 10.2. The van der Waals surface area contributed by atoms with Crippen LogP contribution in [-0.2, 0) is 0 Å². The summed E-state index contributed by atoms with van der Waals surface area (Å²) in [5.41, 5.74) is 8.48. The van der Waals surface area contributed by atoms with Gasteiger partial charge in [0.2, 0.25) is 5.88 Å². The van der Waals surface area contributed by atoms with Gasteiger partial charge in [-0.25, -0.2) is 4.98 Å². The average Bonchev–Trinajstić information content (AvgIpc) is 2.38. The molecule has 0 bridgehead atoms. The van der Waals surface area contributed by atoms with Crippen molar-refractivity contribution in [1.82, 2.24) is 9.97 Å². The molecule has 5 nitrogen and oxygen atoms in total. The molecule has 20 heavy (non-hydrogen) atoms. The number of nitrogens with zero attached hydrogens (tertiary/aromatic N) is 2. The van der Waals surface area contributed by atoms with E-state index in [1.54, 1.807) is 0 Å². The lowest BCUT2D eigenvalue weighted by Gasteiger charge is -2.14. The molecule has 0 fully saturated rings. The molecule has 2 aromatic rings. The maximum atomic E-state index is 6.02. The summed E-state index contributed by atoms with van der Waals surface area (Å²) in [6, 6.07) is 5.94. The second-order valence-electron chi connectivity index (χ2n) is 4.70. The molecule has 0 radical (unpaired) electrons. The zero-order chi connectivity index (χ0) is 14.7. The van der Waals surface area contributed by atoms with Crippen molar-refractivity contribution in [2.45, 2.75) is 26.9 Å². The van der Waals surface area contributed by atoms with Gasteiger partial charge in [0, 0.05) is 10.2 Å². The van der Waals surface area contributed by atoms with E-state index in [9.17, 15) is 0 Å². The van der Waals surface area contributed by atoms with E-state index < -0.39 is 0 Å². The van der Waals surface area contributed by atoms with Gasteiger partial charge in [-0.15, -0.1) is 0 Å². The molecule has 0 spiro atoms. The van der Waals surface area contributed by atoms with E-state index in [1.807, 2.05) is 39.0 Å². The fraction of sp³-hybridized carbons (Fsp3) is 0.286. The fourth-order valence-corrected chi connectivity index (χ4v) is 1.98. The molecule has 0 aliphatic carbocycles. The number of aromatic nitrogens is 2.